The van der Waals surface area contributed by atoms with Gasteiger partial charge in [-0.25, -0.2) is 0 Å². The van der Waals surface area contributed by atoms with E-state index in [0.717, 1.165) is 67.4 Å². The molecule has 8 bridgehead atoms. The molecule has 0 aromatic carbocycles. The fourth-order valence-electron chi connectivity index (χ4n) is 11.5. The van der Waals surface area contributed by atoms with E-state index in [1.807, 2.05) is 0 Å². The molecule has 0 aromatic rings. The van der Waals surface area contributed by atoms with Gasteiger partial charge in [0.05, 0.1) is 5.41 Å². The van der Waals surface area contributed by atoms with Crippen LogP contribution in [-0.2, 0) is 9.59 Å². The maximum absolute atomic E-state index is 13.2. The largest absolute Gasteiger partial charge is 0.340 e. The first kappa shape index (κ1) is 28.5. The van der Waals surface area contributed by atoms with Crippen molar-refractivity contribution in [2.24, 2.45) is 46.3 Å². The van der Waals surface area contributed by atoms with E-state index in [4.69, 9.17) is 11.6 Å². The third-order valence-corrected chi connectivity index (χ3v) is 13.0. The normalized spacial score (nSPS) is 47.1. The van der Waals surface area contributed by atoms with Crippen molar-refractivity contribution >= 4 is 22.8 Å². The van der Waals surface area contributed by atoms with Crippen molar-refractivity contribution < 1.29 is 9.59 Å². The van der Waals surface area contributed by atoms with Crippen molar-refractivity contribution in [1.29, 1.82) is 0 Å². The van der Waals surface area contributed by atoms with E-state index in [1.54, 1.807) is 0 Å². The standard InChI is InChI=1S/C17H27NO.C11H15ClO.C6H13N/c1-12-4-2-3-5-18(12)16(19)17-9-13-6-14(10-17)8-15(7-13)11-17;12-10(13)11-4-7-1-8(5-11)3-9(2-7)6-11;1-6-4-2-3-5-7-6/h12-15H,2-11H2,1H3;7-9H,1-6H2;6-7H,2-5H2,1H3. The summed E-state index contributed by atoms with van der Waals surface area (Å²) in [6.45, 7) is 6.78. The summed E-state index contributed by atoms with van der Waals surface area (Å²) >= 11 is 5.76. The number of carbonyl (C=O) groups is 2. The van der Waals surface area contributed by atoms with Gasteiger partial charge in [0.15, 0.2) is 0 Å². The molecule has 8 aliphatic carbocycles. The quantitative estimate of drug-likeness (QED) is 0.353. The minimum Gasteiger partial charge on any atom is -0.340 e. The Balaban J connectivity index is 0.000000119. The molecule has 5 heteroatoms. The van der Waals surface area contributed by atoms with Gasteiger partial charge in [-0.15, -0.1) is 0 Å². The van der Waals surface area contributed by atoms with Gasteiger partial charge in [0.25, 0.3) is 0 Å². The van der Waals surface area contributed by atoms with Crippen molar-refractivity contribution in [2.45, 2.75) is 142 Å². The minimum absolute atomic E-state index is 0.0356. The molecule has 0 radical (unpaired) electrons. The molecule has 2 atom stereocenters. The Bertz CT molecular complexity index is 825. The predicted octanol–water partition coefficient (Wildman–Crippen LogP) is 7.72. The Labute approximate surface area is 243 Å². The molecule has 39 heavy (non-hydrogen) atoms. The highest BCUT2D eigenvalue weighted by atomic mass is 35.5. The van der Waals surface area contributed by atoms with Gasteiger partial charge in [-0.3, -0.25) is 9.59 Å². The number of amides is 1. The number of carbonyl (C=O) groups excluding carboxylic acids is 2. The maximum atomic E-state index is 13.2. The van der Waals surface area contributed by atoms with Gasteiger partial charge in [-0.1, -0.05) is 6.42 Å². The molecule has 0 aromatic heterocycles. The molecule has 10 aliphatic rings. The van der Waals surface area contributed by atoms with E-state index < -0.39 is 0 Å². The molecule has 220 valence electrons. The van der Waals surface area contributed by atoms with Crippen molar-refractivity contribution in [2.75, 3.05) is 13.1 Å². The van der Waals surface area contributed by atoms with Crippen LogP contribution in [0.1, 0.15) is 129 Å². The first-order valence-corrected chi connectivity index (χ1v) is 17.4. The third-order valence-electron chi connectivity index (χ3n) is 12.6. The summed E-state index contributed by atoms with van der Waals surface area (Å²) in [5.41, 5.74) is 0.0106. The number of rotatable bonds is 2. The van der Waals surface area contributed by atoms with Crippen LogP contribution in [0.3, 0.4) is 0 Å². The zero-order valence-corrected chi connectivity index (χ0v) is 25.7. The molecule has 10 rings (SSSR count). The smallest absolute Gasteiger partial charge is 0.229 e. The lowest BCUT2D eigenvalue weighted by molar-refractivity contribution is -0.161. The Kier molecular flexibility index (Phi) is 8.46. The second-order valence-electron chi connectivity index (χ2n) is 15.9. The zero-order chi connectivity index (χ0) is 27.2. The predicted molar refractivity (Wildman–Crippen MR) is 158 cm³/mol. The van der Waals surface area contributed by atoms with Crippen molar-refractivity contribution in [3.05, 3.63) is 0 Å². The minimum atomic E-state index is -0.0731. The van der Waals surface area contributed by atoms with Gasteiger partial charge in [-0.2, -0.15) is 0 Å². The summed E-state index contributed by atoms with van der Waals surface area (Å²) in [4.78, 5) is 26.9. The molecule has 2 heterocycles. The van der Waals surface area contributed by atoms with Crippen LogP contribution in [0.2, 0.25) is 0 Å². The number of nitrogens with zero attached hydrogens (tertiary/aromatic N) is 1. The average molecular weight is 559 g/mol. The lowest BCUT2D eigenvalue weighted by atomic mass is 9.49. The van der Waals surface area contributed by atoms with Crippen LogP contribution < -0.4 is 5.32 Å². The van der Waals surface area contributed by atoms with Gasteiger partial charge in [0.2, 0.25) is 11.1 Å². The van der Waals surface area contributed by atoms with Crippen LogP contribution in [0.15, 0.2) is 0 Å². The zero-order valence-electron chi connectivity index (χ0n) is 24.9. The van der Waals surface area contributed by atoms with Crippen LogP contribution in [0.5, 0.6) is 0 Å². The molecule has 4 nitrogen and oxygen atoms in total. The van der Waals surface area contributed by atoms with Crippen LogP contribution in [0, 0.1) is 46.3 Å². The van der Waals surface area contributed by atoms with E-state index in [0.29, 0.717) is 11.9 Å². The molecule has 1 N–H and O–H groups in total. The van der Waals surface area contributed by atoms with E-state index >= 15 is 0 Å². The molecule has 2 aliphatic heterocycles. The second kappa shape index (κ2) is 11.6. The van der Waals surface area contributed by atoms with Crippen LogP contribution in [0.25, 0.3) is 0 Å². The Morgan fingerprint density at radius 3 is 1.49 bits per heavy atom. The van der Waals surface area contributed by atoms with Gasteiger partial charge >= 0.3 is 0 Å². The number of halogens is 1. The van der Waals surface area contributed by atoms with E-state index in [9.17, 15) is 9.59 Å². The van der Waals surface area contributed by atoms with Crippen molar-refractivity contribution in [1.82, 2.24) is 10.2 Å². The average Bonchev–Trinajstić information content (AvgIpc) is 2.88. The van der Waals surface area contributed by atoms with E-state index in [1.165, 1.54) is 103 Å². The summed E-state index contributed by atoms with van der Waals surface area (Å²) in [6, 6.07) is 1.28. The van der Waals surface area contributed by atoms with Crippen molar-refractivity contribution in [3.8, 4) is 0 Å². The van der Waals surface area contributed by atoms with Gasteiger partial charge < -0.3 is 10.2 Å². The van der Waals surface area contributed by atoms with Crippen LogP contribution in [0.4, 0.5) is 0 Å². The summed E-state index contributed by atoms with van der Waals surface area (Å²) < 4.78 is 0. The summed E-state index contributed by atoms with van der Waals surface area (Å²) in [5, 5.41) is 3.35. The lowest BCUT2D eigenvalue weighted by Crippen LogP contribution is -2.57. The number of nitrogens with one attached hydrogen (secondary N) is 1. The highest BCUT2D eigenvalue weighted by Crippen LogP contribution is 2.61. The Morgan fingerprint density at radius 2 is 1.13 bits per heavy atom. The first-order chi connectivity index (χ1) is 18.7. The second-order valence-corrected chi connectivity index (χ2v) is 16.2. The summed E-state index contributed by atoms with van der Waals surface area (Å²) in [5.74, 6) is 5.69. The molecular formula is C34H55ClN2O2. The van der Waals surface area contributed by atoms with Gasteiger partial charge in [-0.05, 0) is 177 Å². The summed E-state index contributed by atoms with van der Waals surface area (Å²) in [7, 11) is 0. The molecule has 1 amide bonds. The molecule has 0 spiro atoms. The highest BCUT2D eigenvalue weighted by Gasteiger charge is 2.56. The number of piperidine rings is 2. The number of likely N-dealkylation sites (tertiary alicyclic amines) is 1. The van der Waals surface area contributed by atoms with Gasteiger partial charge in [0.1, 0.15) is 0 Å². The molecular weight excluding hydrogens is 504 g/mol. The lowest BCUT2D eigenvalue weighted by Gasteiger charge is -2.57. The van der Waals surface area contributed by atoms with Gasteiger partial charge in [0, 0.05) is 24.0 Å². The maximum Gasteiger partial charge on any atom is 0.229 e. The van der Waals surface area contributed by atoms with E-state index in [2.05, 4.69) is 24.1 Å². The molecule has 8 saturated carbocycles. The highest BCUT2D eigenvalue weighted by molar-refractivity contribution is 6.64. The Morgan fingerprint density at radius 1 is 0.667 bits per heavy atom. The third kappa shape index (κ3) is 5.99. The fourth-order valence-corrected chi connectivity index (χ4v) is 11.7. The molecule has 2 saturated heterocycles. The first-order valence-electron chi connectivity index (χ1n) is 17.0. The fraction of sp³-hybridized carbons (Fsp3) is 0.941. The van der Waals surface area contributed by atoms with Crippen molar-refractivity contribution in [3.63, 3.8) is 0 Å². The number of hydrogen-bond acceptors (Lipinski definition) is 3. The van der Waals surface area contributed by atoms with Crippen LogP contribution in [-0.4, -0.2) is 41.2 Å². The monoisotopic (exact) mass is 558 g/mol. The Hall–Kier alpha value is -0.610. The molecule has 10 fully saturated rings. The van der Waals surface area contributed by atoms with Crippen LogP contribution >= 0.6 is 11.6 Å². The molecule has 2 unspecified atom stereocenters. The van der Waals surface area contributed by atoms with E-state index in [-0.39, 0.29) is 16.1 Å². The number of hydrogen-bond donors (Lipinski definition) is 1. The summed E-state index contributed by atoms with van der Waals surface area (Å²) in [6.07, 6.45) is 23.3. The SMILES string of the molecule is CC1CCCCN1.CC1CCCCN1C(=O)C12CC3CC(CC(C3)C1)C2.O=C(Cl)C12CC3CC(CC(C3)C1)C2. The topological polar surface area (TPSA) is 49.4 Å².